The highest BCUT2D eigenvalue weighted by molar-refractivity contribution is 8.76. The van der Waals surface area contributed by atoms with Crippen molar-refractivity contribution in [1.29, 1.82) is 0 Å². The van der Waals surface area contributed by atoms with Crippen LogP contribution in [0.3, 0.4) is 0 Å². The molecule has 0 amide bonds. The second-order valence-electron chi connectivity index (χ2n) is 4.17. The van der Waals surface area contributed by atoms with Crippen LogP contribution >= 0.6 is 21.6 Å². The van der Waals surface area contributed by atoms with Gasteiger partial charge < -0.3 is 5.73 Å². The van der Waals surface area contributed by atoms with E-state index in [1.807, 2.05) is 21.6 Å². The van der Waals surface area contributed by atoms with Gasteiger partial charge in [0.05, 0.1) is 0 Å². The summed E-state index contributed by atoms with van der Waals surface area (Å²) in [6.45, 7) is 3.35. The number of hydrogen-bond acceptors (Lipinski definition) is 4. The van der Waals surface area contributed by atoms with E-state index in [2.05, 4.69) is 4.90 Å². The first-order valence-corrected chi connectivity index (χ1v) is 8.09. The van der Waals surface area contributed by atoms with Crippen LogP contribution < -0.4 is 5.73 Å². The molecule has 1 saturated carbocycles. The molecule has 1 unspecified atom stereocenters. The molecule has 0 radical (unpaired) electrons. The van der Waals surface area contributed by atoms with Gasteiger partial charge in [-0.3, -0.25) is 4.90 Å². The van der Waals surface area contributed by atoms with E-state index in [1.165, 1.54) is 43.9 Å². The normalized spacial score (nSPS) is 28.1. The summed E-state index contributed by atoms with van der Waals surface area (Å²) in [5.41, 5.74) is 5.91. The molecule has 0 aromatic rings. The zero-order chi connectivity index (χ0) is 9.80. The van der Waals surface area contributed by atoms with E-state index in [0.717, 1.165) is 12.5 Å². The first-order valence-electron chi connectivity index (χ1n) is 5.60. The average Bonchev–Trinajstić information content (AvgIpc) is 2.38. The molecular weight excluding hydrogens is 212 g/mol. The van der Waals surface area contributed by atoms with Crippen molar-refractivity contribution in [2.75, 3.05) is 31.1 Å². The number of nitrogens with two attached hydrogens (primary N) is 1. The van der Waals surface area contributed by atoms with Crippen molar-refractivity contribution in [1.82, 2.24) is 4.90 Å². The third-order valence-electron chi connectivity index (χ3n) is 3.41. The van der Waals surface area contributed by atoms with Crippen molar-refractivity contribution < 1.29 is 0 Å². The van der Waals surface area contributed by atoms with Crippen LogP contribution in [0, 0.1) is 5.92 Å². The molecule has 1 aliphatic heterocycles. The summed E-state index contributed by atoms with van der Waals surface area (Å²) in [5, 5.41) is 0. The predicted molar refractivity (Wildman–Crippen MR) is 66.7 cm³/mol. The van der Waals surface area contributed by atoms with E-state index < -0.39 is 0 Å². The molecule has 82 valence electrons. The SMILES string of the molecule is NCC(C1CCC1)N1CCSSCC1. The fourth-order valence-corrected chi connectivity index (χ4v) is 4.34. The smallest absolute Gasteiger partial charge is 0.0247 e. The molecule has 14 heavy (non-hydrogen) atoms. The van der Waals surface area contributed by atoms with E-state index >= 15 is 0 Å². The van der Waals surface area contributed by atoms with Crippen molar-refractivity contribution in [3.8, 4) is 0 Å². The summed E-state index contributed by atoms with van der Waals surface area (Å²) >= 11 is 0. The van der Waals surface area contributed by atoms with Gasteiger partial charge in [0, 0.05) is 37.2 Å². The quantitative estimate of drug-likeness (QED) is 0.752. The topological polar surface area (TPSA) is 29.3 Å². The van der Waals surface area contributed by atoms with Crippen molar-refractivity contribution in [2.24, 2.45) is 11.7 Å². The summed E-state index contributed by atoms with van der Waals surface area (Å²) < 4.78 is 0. The minimum Gasteiger partial charge on any atom is -0.329 e. The maximum atomic E-state index is 5.91. The van der Waals surface area contributed by atoms with Crippen LogP contribution in [0.15, 0.2) is 0 Å². The first kappa shape index (κ1) is 11.1. The van der Waals surface area contributed by atoms with E-state index in [4.69, 9.17) is 5.73 Å². The Kier molecular flexibility index (Phi) is 4.47. The summed E-state index contributed by atoms with van der Waals surface area (Å²) in [6, 6.07) is 0.683. The standard InChI is InChI=1S/C10H20N2S2/c11-8-10(9-2-1-3-9)12-4-6-13-14-7-5-12/h9-10H,1-8,11H2. The molecule has 2 aliphatic rings. The van der Waals surface area contributed by atoms with Crippen LogP contribution in [0.1, 0.15) is 19.3 Å². The van der Waals surface area contributed by atoms with Crippen LogP contribution in [0.4, 0.5) is 0 Å². The van der Waals surface area contributed by atoms with Gasteiger partial charge in [0.1, 0.15) is 0 Å². The summed E-state index contributed by atoms with van der Waals surface area (Å²) in [4.78, 5) is 2.64. The monoisotopic (exact) mass is 232 g/mol. The lowest BCUT2D eigenvalue weighted by atomic mass is 9.79. The zero-order valence-corrected chi connectivity index (χ0v) is 10.3. The maximum absolute atomic E-state index is 5.91. The van der Waals surface area contributed by atoms with Crippen LogP contribution in [0.5, 0.6) is 0 Å². The van der Waals surface area contributed by atoms with Gasteiger partial charge in [-0.05, 0) is 18.8 Å². The highest BCUT2D eigenvalue weighted by Gasteiger charge is 2.30. The van der Waals surface area contributed by atoms with E-state index in [-0.39, 0.29) is 0 Å². The first-order chi connectivity index (χ1) is 6.92. The maximum Gasteiger partial charge on any atom is 0.0247 e. The lowest BCUT2D eigenvalue weighted by molar-refractivity contribution is 0.113. The number of hydrogen-bond donors (Lipinski definition) is 1. The molecule has 0 aromatic heterocycles. The molecule has 2 nitrogen and oxygen atoms in total. The van der Waals surface area contributed by atoms with Crippen molar-refractivity contribution >= 4 is 21.6 Å². The minimum atomic E-state index is 0.683. The van der Waals surface area contributed by atoms with Gasteiger partial charge in [0.15, 0.2) is 0 Å². The lowest BCUT2D eigenvalue weighted by Gasteiger charge is -2.40. The molecule has 0 bridgehead atoms. The molecule has 1 saturated heterocycles. The largest absolute Gasteiger partial charge is 0.329 e. The van der Waals surface area contributed by atoms with E-state index in [1.54, 1.807) is 0 Å². The summed E-state index contributed by atoms with van der Waals surface area (Å²) in [6.07, 6.45) is 4.26. The third-order valence-corrected chi connectivity index (χ3v) is 5.78. The minimum absolute atomic E-state index is 0.683. The summed E-state index contributed by atoms with van der Waals surface area (Å²) in [5.74, 6) is 3.45. The molecule has 4 heteroatoms. The molecule has 1 heterocycles. The van der Waals surface area contributed by atoms with Crippen LogP contribution in [-0.2, 0) is 0 Å². The van der Waals surface area contributed by atoms with Gasteiger partial charge in [0.25, 0.3) is 0 Å². The second kappa shape index (κ2) is 5.64. The van der Waals surface area contributed by atoms with E-state index in [9.17, 15) is 0 Å². The van der Waals surface area contributed by atoms with Gasteiger partial charge in [-0.1, -0.05) is 28.0 Å². The van der Waals surface area contributed by atoms with Crippen molar-refractivity contribution in [2.45, 2.75) is 25.3 Å². The van der Waals surface area contributed by atoms with Gasteiger partial charge in [-0.25, -0.2) is 0 Å². The summed E-state index contributed by atoms with van der Waals surface area (Å²) in [7, 11) is 4.04. The molecule has 1 aliphatic carbocycles. The Balaban J connectivity index is 1.87. The second-order valence-corrected chi connectivity index (χ2v) is 6.88. The molecule has 2 rings (SSSR count). The van der Waals surface area contributed by atoms with E-state index in [0.29, 0.717) is 6.04 Å². The Labute approximate surface area is 94.8 Å². The Morgan fingerprint density at radius 1 is 1.21 bits per heavy atom. The third kappa shape index (κ3) is 2.60. The van der Waals surface area contributed by atoms with Gasteiger partial charge in [-0.2, -0.15) is 0 Å². The number of nitrogens with zero attached hydrogens (tertiary/aromatic N) is 1. The number of rotatable bonds is 3. The zero-order valence-electron chi connectivity index (χ0n) is 8.65. The average molecular weight is 232 g/mol. The molecular formula is C10H20N2S2. The molecule has 2 N–H and O–H groups in total. The molecule has 0 aromatic carbocycles. The van der Waals surface area contributed by atoms with Gasteiger partial charge in [-0.15, -0.1) is 0 Å². The van der Waals surface area contributed by atoms with Crippen molar-refractivity contribution in [3.05, 3.63) is 0 Å². The van der Waals surface area contributed by atoms with Crippen molar-refractivity contribution in [3.63, 3.8) is 0 Å². The Morgan fingerprint density at radius 3 is 2.29 bits per heavy atom. The van der Waals surface area contributed by atoms with Crippen LogP contribution in [-0.4, -0.2) is 42.1 Å². The fourth-order valence-electron chi connectivity index (χ4n) is 2.33. The fraction of sp³-hybridized carbons (Fsp3) is 1.00. The van der Waals surface area contributed by atoms with Crippen LogP contribution in [0.25, 0.3) is 0 Å². The Hall–Kier alpha value is 0.620. The Morgan fingerprint density at radius 2 is 1.86 bits per heavy atom. The van der Waals surface area contributed by atoms with Gasteiger partial charge in [0.2, 0.25) is 0 Å². The predicted octanol–water partition coefficient (Wildman–Crippen LogP) is 1.81. The molecule has 0 spiro atoms. The molecule has 2 fully saturated rings. The highest BCUT2D eigenvalue weighted by Crippen LogP contribution is 2.33. The van der Waals surface area contributed by atoms with Crippen LogP contribution in [0.2, 0.25) is 0 Å². The Bertz CT molecular complexity index is 166. The molecule has 1 atom stereocenters. The highest BCUT2D eigenvalue weighted by atomic mass is 33.1. The lowest BCUT2D eigenvalue weighted by Crippen LogP contribution is -2.48. The van der Waals surface area contributed by atoms with Gasteiger partial charge >= 0.3 is 0 Å².